The zero-order chi connectivity index (χ0) is 15.1. The molecule has 1 amide bonds. The van der Waals surface area contributed by atoms with Gasteiger partial charge in [-0.2, -0.15) is 0 Å². The third-order valence-electron chi connectivity index (χ3n) is 2.89. The minimum absolute atomic E-state index is 0.0782. The fourth-order valence-electron chi connectivity index (χ4n) is 1.80. The number of likely N-dealkylation sites (N-methyl/N-ethyl adjacent to an activating group) is 1. The van der Waals surface area contributed by atoms with E-state index >= 15 is 0 Å². The second-order valence-electron chi connectivity index (χ2n) is 4.61. The number of nitrogens with zero attached hydrogens (tertiary/aromatic N) is 3. The molecule has 0 unspecified atom stereocenters. The second-order valence-corrected chi connectivity index (χ2v) is 4.61. The van der Waals surface area contributed by atoms with Crippen LogP contribution >= 0.6 is 0 Å². The van der Waals surface area contributed by atoms with Gasteiger partial charge in [-0.1, -0.05) is 6.92 Å². The highest BCUT2D eigenvalue weighted by atomic mass is 16.6. The molecule has 112 valence electrons. The number of nitro groups is 1. The Kier molecular flexibility index (Phi) is 6.10. The molecule has 1 atom stereocenters. The van der Waals surface area contributed by atoms with Crippen LogP contribution in [0.25, 0.3) is 0 Å². The average Bonchev–Trinajstić information content (AvgIpc) is 2.76. The van der Waals surface area contributed by atoms with Crippen molar-refractivity contribution in [3.63, 3.8) is 0 Å². The molecule has 0 fully saturated rings. The van der Waals surface area contributed by atoms with Crippen molar-refractivity contribution in [2.75, 3.05) is 13.1 Å². The number of rotatable bonds is 8. The summed E-state index contributed by atoms with van der Waals surface area (Å²) < 4.78 is 1.62. The summed E-state index contributed by atoms with van der Waals surface area (Å²) in [4.78, 5) is 25.5. The first-order valence-electron chi connectivity index (χ1n) is 6.62. The number of aryl methyl sites for hydroxylation is 2. The molecule has 0 radical (unpaired) electrons. The molecule has 0 aliphatic heterocycles. The number of carbonyl (C=O) groups is 1. The van der Waals surface area contributed by atoms with E-state index in [4.69, 9.17) is 0 Å². The molecule has 8 nitrogen and oxygen atoms in total. The van der Waals surface area contributed by atoms with Crippen molar-refractivity contribution in [1.82, 2.24) is 20.2 Å². The number of carbonyl (C=O) groups excluding carboxylic acids is 1. The lowest BCUT2D eigenvalue weighted by molar-refractivity contribution is -0.389. The van der Waals surface area contributed by atoms with Crippen LogP contribution in [-0.2, 0) is 11.3 Å². The third-order valence-corrected chi connectivity index (χ3v) is 2.89. The Morgan fingerprint density at radius 1 is 1.60 bits per heavy atom. The minimum atomic E-state index is -0.540. The van der Waals surface area contributed by atoms with E-state index in [0.717, 1.165) is 6.54 Å². The summed E-state index contributed by atoms with van der Waals surface area (Å²) in [6.07, 6.45) is 1.62. The summed E-state index contributed by atoms with van der Waals surface area (Å²) in [6, 6.07) is 0.222. The van der Waals surface area contributed by atoms with Gasteiger partial charge in [0.2, 0.25) is 11.7 Å². The monoisotopic (exact) mass is 283 g/mol. The Hall–Kier alpha value is -1.96. The van der Waals surface area contributed by atoms with Crippen molar-refractivity contribution in [2.24, 2.45) is 0 Å². The van der Waals surface area contributed by atoms with Crippen molar-refractivity contribution in [3.8, 4) is 0 Å². The molecule has 0 aromatic carbocycles. The van der Waals surface area contributed by atoms with Crippen molar-refractivity contribution >= 4 is 11.7 Å². The first-order valence-corrected chi connectivity index (χ1v) is 6.62. The van der Waals surface area contributed by atoms with Crippen LogP contribution in [0.5, 0.6) is 0 Å². The van der Waals surface area contributed by atoms with Gasteiger partial charge in [0.25, 0.3) is 0 Å². The van der Waals surface area contributed by atoms with Gasteiger partial charge in [0.1, 0.15) is 6.20 Å². The van der Waals surface area contributed by atoms with E-state index in [1.165, 1.54) is 6.20 Å². The smallest absolute Gasteiger partial charge is 0.358 e. The normalized spacial score (nSPS) is 12.2. The Bertz CT molecular complexity index is 472. The summed E-state index contributed by atoms with van der Waals surface area (Å²) in [5, 5.41) is 16.6. The highest BCUT2D eigenvalue weighted by Crippen LogP contribution is 2.10. The van der Waals surface area contributed by atoms with Crippen molar-refractivity contribution in [1.29, 1.82) is 0 Å². The summed E-state index contributed by atoms with van der Waals surface area (Å²) in [6.45, 7) is 7.48. The van der Waals surface area contributed by atoms with Crippen molar-refractivity contribution in [2.45, 2.75) is 39.8 Å². The van der Waals surface area contributed by atoms with Crippen molar-refractivity contribution < 1.29 is 9.72 Å². The maximum atomic E-state index is 11.7. The number of nitrogens with one attached hydrogen (secondary N) is 2. The highest BCUT2D eigenvalue weighted by molar-refractivity contribution is 5.75. The molecular formula is C12H21N5O3. The van der Waals surface area contributed by atoms with E-state index in [-0.39, 0.29) is 24.2 Å². The molecule has 1 aromatic heterocycles. The molecule has 2 N–H and O–H groups in total. The van der Waals surface area contributed by atoms with Gasteiger partial charge >= 0.3 is 5.82 Å². The van der Waals surface area contributed by atoms with E-state index in [0.29, 0.717) is 18.9 Å². The van der Waals surface area contributed by atoms with Gasteiger partial charge in [0.15, 0.2) is 0 Å². The van der Waals surface area contributed by atoms with Gasteiger partial charge in [0, 0.05) is 32.5 Å². The molecule has 0 spiro atoms. The Labute approximate surface area is 117 Å². The Morgan fingerprint density at radius 2 is 2.30 bits per heavy atom. The number of hydrogen-bond donors (Lipinski definition) is 2. The molecule has 20 heavy (non-hydrogen) atoms. The molecule has 0 saturated carbocycles. The van der Waals surface area contributed by atoms with E-state index in [9.17, 15) is 14.9 Å². The minimum Gasteiger partial charge on any atom is -0.358 e. The summed E-state index contributed by atoms with van der Waals surface area (Å²) in [5.41, 5.74) is 0. The van der Waals surface area contributed by atoms with Gasteiger partial charge < -0.3 is 25.3 Å². The van der Waals surface area contributed by atoms with Gasteiger partial charge in [-0.05, 0) is 23.4 Å². The van der Waals surface area contributed by atoms with Crippen LogP contribution in [0.15, 0.2) is 6.20 Å². The maximum absolute atomic E-state index is 11.7. The van der Waals surface area contributed by atoms with Crippen LogP contribution in [-0.4, -0.2) is 39.5 Å². The summed E-state index contributed by atoms with van der Waals surface area (Å²) >= 11 is 0. The zero-order valence-corrected chi connectivity index (χ0v) is 12.0. The molecule has 0 bridgehead atoms. The van der Waals surface area contributed by atoms with Crippen LogP contribution in [0.4, 0.5) is 5.82 Å². The fraction of sp³-hybridized carbons (Fsp3) is 0.667. The number of amides is 1. The summed E-state index contributed by atoms with van der Waals surface area (Å²) in [5.74, 6) is 0.264. The molecule has 1 heterocycles. The Balaban J connectivity index is 2.39. The molecule has 0 aliphatic carbocycles. The SMILES string of the molecule is CCN[C@H](C)CNC(=O)CCn1cc([N+](=O)[O-])nc1C. The van der Waals surface area contributed by atoms with Crippen LogP contribution in [0, 0.1) is 17.0 Å². The summed E-state index contributed by atoms with van der Waals surface area (Å²) in [7, 11) is 0. The first-order chi connectivity index (χ1) is 9.43. The van der Waals surface area contributed by atoms with Crippen LogP contribution in [0.3, 0.4) is 0 Å². The lowest BCUT2D eigenvalue weighted by Gasteiger charge is -2.13. The lowest BCUT2D eigenvalue weighted by Crippen LogP contribution is -2.39. The third kappa shape index (κ3) is 4.96. The van der Waals surface area contributed by atoms with Crippen LogP contribution < -0.4 is 10.6 Å². The zero-order valence-electron chi connectivity index (χ0n) is 12.0. The first kappa shape index (κ1) is 16.1. The van der Waals surface area contributed by atoms with Gasteiger partial charge in [-0.25, -0.2) is 0 Å². The molecule has 0 aliphatic rings. The van der Waals surface area contributed by atoms with E-state index < -0.39 is 4.92 Å². The topological polar surface area (TPSA) is 102 Å². The number of imidazole rings is 1. The standard InChI is InChI=1S/C12H21N5O3/c1-4-13-9(2)7-14-12(18)5-6-16-8-11(17(19)20)15-10(16)3/h8-9,13H,4-7H2,1-3H3,(H,14,18)/t9-/m1/s1. The highest BCUT2D eigenvalue weighted by Gasteiger charge is 2.15. The quantitative estimate of drug-likeness (QED) is 0.537. The molecule has 8 heteroatoms. The van der Waals surface area contributed by atoms with Gasteiger partial charge in [-0.15, -0.1) is 0 Å². The maximum Gasteiger partial charge on any atom is 0.381 e. The predicted molar refractivity (Wildman–Crippen MR) is 74.4 cm³/mol. The van der Waals surface area contributed by atoms with Crippen LogP contribution in [0.1, 0.15) is 26.1 Å². The van der Waals surface area contributed by atoms with Crippen molar-refractivity contribution in [3.05, 3.63) is 22.1 Å². The van der Waals surface area contributed by atoms with E-state index in [1.807, 2.05) is 13.8 Å². The Morgan fingerprint density at radius 3 is 2.85 bits per heavy atom. The lowest BCUT2D eigenvalue weighted by atomic mass is 10.3. The predicted octanol–water partition coefficient (Wildman–Crippen LogP) is 0.604. The van der Waals surface area contributed by atoms with E-state index in [1.54, 1.807) is 11.5 Å². The molecule has 1 rings (SSSR count). The fourth-order valence-corrected chi connectivity index (χ4v) is 1.80. The van der Waals surface area contributed by atoms with E-state index in [2.05, 4.69) is 15.6 Å². The second kappa shape index (κ2) is 7.59. The van der Waals surface area contributed by atoms with Gasteiger partial charge in [0.05, 0.1) is 0 Å². The average molecular weight is 283 g/mol. The largest absolute Gasteiger partial charge is 0.381 e. The number of hydrogen-bond acceptors (Lipinski definition) is 5. The number of aromatic nitrogens is 2. The molecule has 0 saturated heterocycles. The van der Waals surface area contributed by atoms with Gasteiger partial charge in [-0.3, -0.25) is 4.79 Å². The molecule has 1 aromatic rings. The molecular weight excluding hydrogens is 262 g/mol. The van der Waals surface area contributed by atoms with Crippen LogP contribution in [0.2, 0.25) is 0 Å².